The van der Waals surface area contributed by atoms with Gasteiger partial charge in [-0.05, 0) is 6.07 Å². The average Bonchev–Trinajstić information content (AvgIpc) is 2.14. The molecule has 5 nitrogen and oxygen atoms in total. The highest BCUT2D eigenvalue weighted by molar-refractivity contribution is 8.00. The van der Waals surface area contributed by atoms with Crippen LogP contribution in [0.4, 0.5) is 5.69 Å². The van der Waals surface area contributed by atoms with Crippen molar-refractivity contribution in [1.82, 2.24) is 0 Å². The second kappa shape index (κ2) is 4.75. The molecule has 0 fully saturated rings. The van der Waals surface area contributed by atoms with E-state index < -0.39 is 10.9 Å². The molecular formula is C11H13NO4S. The molecule has 0 atom stereocenters. The molecule has 0 amide bonds. The second-order valence-corrected chi connectivity index (χ2v) is 6.33. The summed E-state index contributed by atoms with van der Waals surface area (Å²) in [5.41, 5.74) is -0.00252. The zero-order valence-corrected chi connectivity index (χ0v) is 10.6. The first-order valence-electron chi connectivity index (χ1n) is 4.91. The Morgan fingerprint density at radius 3 is 2.41 bits per heavy atom. The van der Waals surface area contributed by atoms with E-state index in [2.05, 4.69) is 0 Å². The zero-order chi connectivity index (χ0) is 13.2. The summed E-state index contributed by atoms with van der Waals surface area (Å²) in [6.45, 7) is 5.76. The van der Waals surface area contributed by atoms with Crippen LogP contribution >= 0.6 is 11.8 Å². The first-order valence-corrected chi connectivity index (χ1v) is 5.73. The van der Waals surface area contributed by atoms with Gasteiger partial charge in [0.1, 0.15) is 0 Å². The lowest BCUT2D eigenvalue weighted by atomic mass is 10.2. The third-order valence-corrected chi connectivity index (χ3v) is 2.99. The van der Waals surface area contributed by atoms with Crippen molar-refractivity contribution in [3.05, 3.63) is 33.9 Å². The number of thioether (sulfide) groups is 1. The van der Waals surface area contributed by atoms with Crippen LogP contribution in [0, 0.1) is 10.1 Å². The van der Waals surface area contributed by atoms with Crippen LogP contribution in [-0.2, 0) is 0 Å². The lowest BCUT2D eigenvalue weighted by Crippen LogP contribution is -2.09. The Kier molecular flexibility index (Phi) is 3.77. The molecule has 1 N–H and O–H groups in total. The number of hydrogen-bond donors (Lipinski definition) is 1. The van der Waals surface area contributed by atoms with Crippen LogP contribution in [0.3, 0.4) is 0 Å². The molecule has 0 unspecified atom stereocenters. The highest BCUT2D eigenvalue weighted by Crippen LogP contribution is 2.36. The Bertz CT molecular complexity index is 465. The molecule has 0 bridgehead atoms. The van der Waals surface area contributed by atoms with Crippen LogP contribution in [0.2, 0.25) is 0 Å². The number of carboxylic acid groups (broad SMARTS) is 1. The van der Waals surface area contributed by atoms with Crippen molar-refractivity contribution >= 4 is 23.4 Å². The van der Waals surface area contributed by atoms with Crippen LogP contribution in [0.5, 0.6) is 0 Å². The first-order chi connectivity index (χ1) is 7.70. The van der Waals surface area contributed by atoms with Gasteiger partial charge in [-0.2, -0.15) is 0 Å². The molecule has 0 heterocycles. The van der Waals surface area contributed by atoms with E-state index in [9.17, 15) is 14.9 Å². The van der Waals surface area contributed by atoms with E-state index in [0.29, 0.717) is 4.90 Å². The van der Waals surface area contributed by atoms with Crippen LogP contribution in [0.25, 0.3) is 0 Å². The molecule has 0 radical (unpaired) electrons. The third kappa shape index (κ3) is 3.74. The Morgan fingerprint density at radius 2 is 2.00 bits per heavy atom. The van der Waals surface area contributed by atoms with Crippen LogP contribution in [0.15, 0.2) is 23.1 Å². The van der Waals surface area contributed by atoms with Crippen molar-refractivity contribution in [2.75, 3.05) is 0 Å². The van der Waals surface area contributed by atoms with Crippen molar-refractivity contribution < 1.29 is 14.8 Å². The lowest BCUT2D eigenvalue weighted by molar-refractivity contribution is -0.385. The maximum Gasteiger partial charge on any atom is 0.336 e. The largest absolute Gasteiger partial charge is 0.478 e. The summed E-state index contributed by atoms with van der Waals surface area (Å²) < 4.78 is -0.209. The fraction of sp³-hybridized carbons (Fsp3) is 0.364. The lowest BCUT2D eigenvalue weighted by Gasteiger charge is -2.18. The molecule has 1 rings (SSSR count). The number of aromatic carboxylic acids is 1. The number of nitro benzene ring substituents is 1. The summed E-state index contributed by atoms with van der Waals surface area (Å²) in [5, 5.41) is 19.7. The number of non-ortho nitro benzene ring substituents is 1. The van der Waals surface area contributed by atoms with Gasteiger partial charge in [-0.15, -0.1) is 11.8 Å². The number of rotatable bonds is 3. The summed E-state index contributed by atoms with van der Waals surface area (Å²) in [6, 6.07) is 3.78. The number of hydrogen-bond acceptors (Lipinski definition) is 4. The van der Waals surface area contributed by atoms with Gasteiger partial charge in [-0.1, -0.05) is 20.8 Å². The fourth-order valence-corrected chi connectivity index (χ4v) is 2.32. The average molecular weight is 255 g/mol. The summed E-state index contributed by atoms with van der Waals surface area (Å²) in [6.07, 6.45) is 0. The smallest absolute Gasteiger partial charge is 0.336 e. The number of nitrogens with zero attached hydrogens (tertiary/aromatic N) is 1. The van der Waals surface area contributed by atoms with Gasteiger partial charge in [0.25, 0.3) is 5.69 Å². The normalized spacial score (nSPS) is 11.2. The van der Waals surface area contributed by atoms with Gasteiger partial charge in [0.2, 0.25) is 0 Å². The Hall–Kier alpha value is -1.56. The fourth-order valence-electron chi connectivity index (χ4n) is 1.22. The molecule has 0 saturated heterocycles. The van der Waals surface area contributed by atoms with Crippen molar-refractivity contribution in [2.24, 2.45) is 0 Å². The second-order valence-electron chi connectivity index (χ2n) is 4.46. The van der Waals surface area contributed by atoms with E-state index in [-0.39, 0.29) is 16.0 Å². The molecule has 1 aromatic carbocycles. The Labute approximate surface area is 103 Å². The molecule has 0 saturated carbocycles. The molecular weight excluding hydrogens is 242 g/mol. The Morgan fingerprint density at radius 1 is 1.41 bits per heavy atom. The summed E-state index contributed by atoms with van der Waals surface area (Å²) >= 11 is 1.30. The van der Waals surface area contributed by atoms with E-state index in [4.69, 9.17) is 5.11 Å². The van der Waals surface area contributed by atoms with E-state index in [1.807, 2.05) is 20.8 Å². The predicted molar refractivity (Wildman–Crippen MR) is 65.7 cm³/mol. The topological polar surface area (TPSA) is 80.4 Å². The number of benzene rings is 1. The minimum atomic E-state index is -1.08. The molecule has 17 heavy (non-hydrogen) atoms. The van der Waals surface area contributed by atoms with E-state index in [1.165, 1.54) is 30.0 Å². The van der Waals surface area contributed by atoms with Gasteiger partial charge in [0.15, 0.2) is 0 Å². The molecule has 0 aliphatic carbocycles. The molecule has 92 valence electrons. The summed E-state index contributed by atoms with van der Waals surface area (Å²) in [5.74, 6) is -1.08. The van der Waals surface area contributed by atoms with Gasteiger partial charge < -0.3 is 5.11 Å². The highest BCUT2D eigenvalue weighted by atomic mass is 32.2. The molecule has 0 aliphatic rings. The monoisotopic (exact) mass is 255 g/mol. The molecule has 0 spiro atoms. The third-order valence-electron chi connectivity index (χ3n) is 1.82. The van der Waals surface area contributed by atoms with Gasteiger partial charge >= 0.3 is 5.97 Å². The molecule has 6 heteroatoms. The maximum atomic E-state index is 11.0. The van der Waals surface area contributed by atoms with Gasteiger partial charge in [0, 0.05) is 21.8 Å². The van der Waals surface area contributed by atoms with Crippen molar-refractivity contribution in [3.63, 3.8) is 0 Å². The van der Waals surface area contributed by atoms with Gasteiger partial charge in [0.05, 0.1) is 10.5 Å². The number of carbonyl (C=O) groups is 1. The van der Waals surface area contributed by atoms with Crippen molar-refractivity contribution in [1.29, 1.82) is 0 Å². The van der Waals surface area contributed by atoms with Crippen LogP contribution in [0.1, 0.15) is 31.1 Å². The maximum absolute atomic E-state index is 11.0. The summed E-state index contributed by atoms with van der Waals surface area (Å²) in [7, 11) is 0. The first kappa shape index (κ1) is 13.5. The SMILES string of the molecule is CC(C)(C)Sc1cc([N+](=O)[O-])ccc1C(=O)O. The van der Waals surface area contributed by atoms with Crippen molar-refractivity contribution in [2.45, 2.75) is 30.4 Å². The van der Waals surface area contributed by atoms with Crippen LogP contribution < -0.4 is 0 Å². The summed E-state index contributed by atoms with van der Waals surface area (Å²) in [4.78, 5) is 21.5. The number of carboxylic acids is 1. The van der Waals surface area contributed by atoms with E-state index >= 15 is 0 Å². The molecule has 0 aliphatic heterocycles. The van der Waals surface area contributed by atoms with Crippen molar-refractivity contribution in [3.8, 4) is 0 Å². The number of nitro groups is 1. The predicted octanol–water partition coefficient (Wildman–Crippen LogP) is 3.18. The Balaban J connectivity index is 3.25. The van der Waals surface area contributed by atoms with E-state index in [0.717, 1.165) is 0 Å². The molecule has 0 aromatic heterocycles. The van der Waals surface area contributed by atoms with E-state index in [1.54, 1.807) is 0 Å². The minimum absolute atomic E-state index is 0.0931. The minimum Gasteiger partial charge on any atom is -0.478 e. The van der Waals surface area contributed by atoms with Gasteiger partial charge in [-0.3, -0.25) is 10.1 Å². The molecule has 1 aromatic rings. The van der Waals surface area contributed by atoms with Gasteiger partial charge in [-0.25, -0.2) is 4.79 Å². The highest BCUT2D eigenvalue weighted by Gasteiger charge is 2.20. The quantitative estimate of drug-likeness (QED) is 0.509. The van der Waals surface area contributed by atoms with Crippen LogP contribution in [-0.4, -0.2) is 20.7 Å². The standard InChI is InChI=1S/C11H13NO4S/c1-11(2,3)17-9-6-7(12(15)16)4-5-8(9)10(13)14/h4-6H,1-3H3,(H,13,14). The zero-order valence-electron chi connectivity index (χ0n) is 9.76.